The Morgan fingerprint density at radius 3 is 2.65 bits per heavy atom. The van der Waals surface area contributed by atoms with Gasteiger partial charge in [-0.1, -0.05) is 41.9 Å². The van der Waals surface area contributed by atoms with E-state index < -0.39 is 18.5 Å². The Morgan fingerprint density at radius 1 is 1.15 bits per heavy atom. The molecule has 6 nitrogen and oxygen atoms in total. The molecule has 0 fully saturated rings. The first-order chi connectivity index (χ1) is 12.5. The Kier molecular flexibility index (Phi) is 5.34. The number of halogens is 1. The largest absolute Gasteiger partial charge is 0.451 e. The number of benzene rings is 2. The van der Waals surface area contributed by atoms with E-state index in [4.69, 9.17) is 16.3 Å². The van der Waals surface area contributed by atoms with Crippen molar-refractivity contribution >= 4 is 29.2 Å². The predicted octanol–water partition coefficient (Wildman–Crippen LogP) is 3.83. The number of rotatable bonds is 5. The van der Waals surface area contributed by atoms with Crippen LogP contribution in [-0.2, 0) is 9.53 Å². The van der Waals surface area contributed by atoms with Crippen LogP contribution in [0.25, 0.3) is 11.3 Å². The second-order valence-corrected chi connectivity index (χ2v) is 6.05. The second kappa shape index (κ2) is 7.84. The fourth-order valence-corrected chi connectivity index (χ4v) is 2.57. The lowest BCUT2D eigenvalue weighted by atomic mass is 10.1. The lowest BCUT2D eigenvalue weighted by molar-refractivity contribution is -0.119. The van der Waals surface area contributed by atoms with Crippen molar-refractivity contribution in [3.05, 3.63) is 70.9 Å². The van der Waals surface area contributed by atoms with Gasteiger partial charge < -0.3 is 10.1 Å². The number of carbonyl (C=O) groups is 2. The number of aromatic amines is 1. The number of nitrogens with one attached hydrogen (secondary N) is 2. The number of aryl methyl sites for hydroxylation is 1. The smallest absolute Gasteiger partial charge is 0.356 e. The molecule has 0 bridgehead atoms. The summed E-state index contributed by atoms with van der Waals surface area (Å²) < 4.78 is 5.03. The topological polar surface area (TPSA) is 84.1 Å². The SMILES string of the molecule is Cc1cc(Cl)ccc1NC(=O)COC(=O)c1cc(-c2ccccc2)n[nH]1. The Morgan fingerprint density at radius 2 is 1.92 bits per heavy atom. The van der Waals surface area contributed by atoms with E-state index in [0.717, 1.165) is 11.1 Å². The van der Waals surface area contributed by atoms with E-state index >= 15 is 0 Å². The molecule has 1 heterocycles. The summed E-state index contributed by atoms with van der Waals surface area (Å²) in [6, 6.07) is 16.1. The molecule has 0 radical (unpaired) electrons. The maximum Gasteiger partial charge on any atom is 0.356 e. The number of amides is 1. The van der Waals surface area contributed by atoms with Gasteiger partial charge in [0.2, 0.25) is 0 Å². The monoisotopic (exact) mass is 369 g/mol. The first-order valence-electron chi connectivity index (χ1n) is 7.87. The highest BCUT2D eigenvalue weighted by atomic mass is 35.5. The summed E-state index contributed by atoms with van der Waals surface area (Å²) in [6.07, 6.45) is 0. The maximum absolute atomic E-state index is 12.1. The van der Waals surface area contributed by atoms with Crippen molar-refractivity contribution in [2.24, 2.45) is 0 Å². The molecule has 7 heteroatoms. The van der Waals surface area contributed by atoms with Gasteiger partial charge in [-0.05, 0) is 36.8 Å². The Balaban J connectivity index is 1.57. The Labute approximate surface area is 155 Å². The number of anilines is 1. The van der Waals surface area contributed by atoms with Gasteiger partial charge in [-0.15, -0.1) is 0 Å². The second-order valence-electron chi connectivity index (χ2n) is 5.62. The van der Waals surface area contributed by atoms with Gasteiger partial charge in [0.1, 0.15) is 5.69 Å². The zero-order chi connectivity index (χ0) is 18.5. The summed E-state index contributed by atoms with van der Waals surface area (Å²) in [4.78, 5) is 24.0. The van der Waals surface area contributed by atoms with E-state index in [-0.39, 0.29) is 5.69 Å². The molecule has 2 aromatic carbocycles. The zero-order valence-electron chi connectivity index (χ0n) is 14.0. The fourth-order valence-electron chi connectivity index (χ4n) is 2.35. The molecule has 1 amide bonds. The number of nitrogens with zero attached hydrogens (tertiary/aromatic N) is 1. The predicted molar refractivity (Wildman–Crippen MR) is 99.1 cm³/mol. The quantitative estimate of drug-likeness (QED) is 0.669. The number of ether oxygens (including phenoxy) is 1. The zero-order valence-corrected chi connectivity index (χ0v) is 14.7. The highest BCUT2D eigenvalue weighted by Gasteiger charge is 2.14. The van der Waals surface area contributed by atoms with Crippen LogP contribution in [0, 0.1) is 6.92 Å². The van der Waals surface area contributed by atoms with Crippen LogP contribution < -0.4 is 5.32 Å². The molecule has 132 valence electrons. The van der Waals surface area contributed by atoms with Crippen LogP contribution in [0.2, 0.25) is 5.02 Å². The first-order valence-corrected chi connectivity index (χ1v) is 8.24. The molecular formula is C19H16ClN3O3. The number of H-pyrrole nitrogens is 1. The van der Waals surface area contributed by atoms with Gasteiger partial charge in [-0.2, -0.15) is 5.10 Å². The molecule has 0 aliphatic carbocycles. The lowest BCUT2D eigenvalue weighted by Gasteiger charge is -2.08. The molecule has 0 aliphatic heterocycles. The lowest BCUT2D eigenvalue weighted by Crippen LogP contribution is -2.21. The molecule has 2 N–H and O–H groups in total. The number of carbonyl (C=O) groups excluding carboxylic acids is 2. The van der Waals surface area contributed by atoms with Crippen LogP contribution in [0.1, 0.15) is 16.1 Å². The molecule has 0 saturated heterocycles. The van der Waals surface area contributed by atoms with Crippen LogP contribution in [-0.4, -0.2) is 28.7 Å². The van der Waals surface area contributed by atoms with Gasteiger partial charge in [0.25, 0.3) is 5.91 Å². The summed E-state index contributed by atoms with van der Waals surface area (Å²) >= 11 is 5.88. The van der Waals surface area contributed by atoms with Crippen molar-refractivity contribution in [2.75, 3.05) is 11.9 Å². The Hall–Kier alpha value is -3.12. The molecular weight excluding hydrogens is 354 g/mol. The van der Waals surface area contributed by atoms with E-state index in [9.17, 15) is 9.59 Å². The molecule has 3 aromatic rings. The minimum Gasteiger partial charge on any atom is -0.451 e. The molecule has 0 saturated carbocycles. The normalized spacial score (nSPS) is 10.4. The molecule has 0 spiro atoms. The van der Waals surface area contributed by atoms with Crippen molar-refractivity contribution in [2.45, 2.75) is 6.92 Å². The van der Waals surface area contributed by atoms with Crippen LogP contribution in [0.4, 0.5) is 5.69 Å². The van der Waals surface area contributed by atoms with Crippen molar-refractivity contribution in [3.63, 3.8) is 0 Å². The molecule has 0 atom stereocenters. The minimum absolute atomic E-state index is 0.180. The van der Waals surface area contributed by atoms with E-state index in [2.05, 4.69) is 15.5 Å². The number of esters is 1. The van der Waals surface area contributed by atoms with Crippen LogP contribution in [0.5, 0.6) is 0 Å². The summed E-state index contributed by atoms with van der Waals surface area (Å²) in [5.41, 5.74) is 3.11. The third-order valence-corrected chi connectivity index (χ3v) is 3.90. The molecule has 3 rings (SSSR count). The van der Waals surface area contributed by atoms with E-state index in [1.165, 1.54) is 0 Å². The number of aromatic nitrogens is 2. The number of hydrogen-bond acceptors (Lipinski definition) is 4. The average Bonchev–Trinajstić information content (AvgIpc) is 3.13. The van der Waals surface area contributed by atoms with Gasteiger partial charge in [0, 0.05) is 16.3 Å². The average molecular weight is 370 g/mol. The standard InChI is InChI=1S/C19H16ClN3O3/c1-12-9-14(20)7-8-15(12)21-18(24)11-26-19(25)17-10-16(22-23-17)13-5-3-2-4-6-13/h2-10H,11H2,1H3,(H,21,24)(H,22,23). The van der Waals surface area contributed by atoms with Gasteiger partial charge in [-0.3, -0.25) is 9.89 Å². The fraction of sp³-hybridized carbons (Fsp3) is 0.105. The van der Waals surface area contributed by atoms with Crippen LogP contribution >= 0.6 is 11.6 Å². The third-order valence-electron chi connectivity index (χ3n) is 3.66. The van der Waals surface area contributed by atoms with E-state index in [1.54, 1.807) is 24.3 Å². The molecule has 1 aromatic heterocycles. The van der Waals surface area contributed by atoms with Crippen molar-refractivity contribution in [3.8, 4) is 11.3 Å². The van der Waals surface area contributed by atoms with E-state index in [0.29, 0.717) is 16.4 Å². The Bertz CT molecular complexity index is 938. The van der Waals surface area contributed by atoms with Crippen LogP contribution in [0.15, 0.2) is 54.6 Å². The highest BCUT2D eigenvalue weighted by Crippen LogP contribution is 2.20. The third kappa shape index (κ3) is 4.29. The van der Waals surface area contributed by atoms with Gasteiger partial charge in [0.05, 0.1) is 5.69 Å². The minimum atomic E-state index is -0.650. The molecule has 0 aliphatic rings. The maximum atomic E-state index is 12.1. The van der Waals surface area contributed by atoms with Crippen molar-refractivity contribution in [1.82, 2.24) is 10.2 Å². The van der Waals surface area contributed by atoms with Crippen molar-refractivity contribution < 1.29 is 14.3 Å². The number of hydrogen-bond donors (Lipinski definition) is 2. The summed E-state index contributed by atoms with van der Waals surface area (Å²) in [5, 5.41) is 9.96. The van der Waals surface area contributed by atoms with E-state index in [1.807, 2.05) is 37.3 Å². The highest BCUT2D eigenvalue weighted by molar-refractivity contribution is 6.30. The summed E-state index contributed by atoms with van der Waals surface area (Å²) in [5.74, 6) is -1.09. The van der Waals surface area contributed by atoms with Crippen molar-refractivity contribution in [1.29, 1.82) is 0 Å². The van der Waals surface area contributed by atoms with Gasteiger partial charge in [-0.25, -0.2) is 4.79 Å². The van der Waals surface area contributed by atoms with Gasteiger partial charge in [0.15, 0.2) is 6.61 Å². The van der Waals surface area contributed by atoms with Crippen LogP contribution in [0.3, 0.4) is 0 Å². The van der Waals surface area contributed by atoms with Gasteiger partial charge >= 0.3 is 5.97 Å². The molecule has 26 heavy (non-hydrogen) atoms. The first kappa shape index (κ1) is 17.7. The molecule has 0 unspecified atom stereocenters. The summed E-state index contributed by atoms with van der Waals surface area (Å²) in [6.45, 7) is 1.42. The summed E-state index contributed by atoms with van der Waals surface area (Å²) in [7, 11) is 0.